The highest BCUT2D eigenvalue weighted by atomic mass is 35.5. The average molecular weight is 955 g/mol. The number of alkyl halides is 3. The van der Waals surface area contributed by atoms with Crippen LogP contribution < -0.4 is 14.9 Å². The number of carbonyl (C=O) groups excluding carboxylic acids is 1. The third kappa shape index (κ3) is 10.6. The molecule has 2 N–H and O–H groups in total. The molecule has 338 valence electrons. The van der Waals surface area contributed by atoms with Crippen LogP contribution in [-0.2, 0) is 37.6 Å². The van der Waals surface area contributed by atoms with Crippen molar-refractivity contribution >= 4 is 60.5 Å². The quantitative estimate of drug-likeness (QED) is 0.0993. The molecular weight excluding hydrogens is 907 g/mol. The van der Waals surface area contributed by atoms with Gasteiger partial charge in [0.05, 0.1) is 23.8 Å². The van der Waals surface area contributed by atoms with Gasteiger partial charge in [-0.25, -0.2) is 21.6 Å². The van der Waals surface area contributed by atoms with Crippen molar-refractivity contribution in [3.05, 3.63) is 137 Å². The van der Waals surface area contributed by atoms with E-state index in [-0.39, 0.29) is 11.6 Å². The first-order chi connectivity index (χ1) is 30.6. The summed E-state index contributed by atoms with van der Waals surface area (Å²) >= 11 is 7.59. The Labute approximate surface area is 380 Å². The zero-order valence-electron chi connectivity index (χ0n) is 34.6. The molecule has 1 amide bonds. The number of piperazine rings is 1. The summed E-state index contributed by atoms with van der Waals surface area (Å²) in [5, 5.41) is 3.67. The molecule has 0 bridgehead atoms. The fraction of sp³-hybridized carbons (Fsp3) is 0.326. The van der Waals surface area contributed by atoms with Crippen molar-refractivity contribution in [3.8, 4) is 11.1 Å². The maximum absolute atomic E-state index is 14.2. The third-order valence-corrected chi connectivity index (χ3v) is 16.1. The van der Waals surface area contributed by atoms with E-state index in [1.807, 2.05) is 71.5 Å². The standard InChI is InChI=1S/C46H47ClF3N5O6S3/c47-36-13-10-32(11-14-36)41-9-5-4-6-34(41)29-54-20-21-55-38(30-54)27-35-26-33(12-17-43(35)55)45(56)52-64(59,60)40-15-16-42(44(28-40)63(57,58)46(48,49)50)51-37(18-19-53-22-24-61-25-23-53)31-62-39-7-2-1-3-8-39/h1-17,26,28,37-38,51H,18-25,27,29-31H2,(H,52,56)/t37-,38+/m1/s1. The Morgan fingerprint density at radius 3 is 2.33 bits per heavy atom. The summed E-state index contributed by atoms with van der Waals surface area (Å²) in [6.07, 6.45) is 1.06. The van der Waals surface area contributed by atoms with Crippen LogP contribution in [0.2, 0.25) is 5.02 Å². The molecular formula is C46H47ClF3N5O6S3. The van der Waals surface area contributed by atoms with Crippen molar-refractivity contribution in [2.24, 2.45) is 0 Å². The van der Waals surface area contributed by atoms with Gasteiger partial charge < -0.3 is 15.0 Å². The van der Waals surface area contributed by atoms with Crippen LogP contribution in [0.3, 0.4) is 0 Å². The molecule has 0 radical (unpaired) electrons. The Hall–Kier alpha value is -4.62. The number of benzene rings is 5. The highest BCUT2D eigenvalue weighted by Crippen LogP contribution is 2.38. The Bertz CT molecular complexity index is 2690. The lowest BCUT2D eigenvalue weighted by Gasteiger charge is -2.39. The van der Waals surface area contributed by atoms with Crippen LogP contribution in [0, 0.1) is 0 Å². The number of rotatable bonds is 15. The molecule has 11 nitrogen and oxygen atoms in total. The predicted molar refractivity (Wildman–Crippen MR) is 244 cm³/mol. The van der Waals surface area contributed by atoms with Crippen LogP contribution in [-0.4, -0.2) is 108 Å². The summed E-state index contributed by atoms with van der Waals surface area (Å²) < 4.78 is 104. The smallest absolute Gasteiger partial charge is 0.380 e. The first-order valence-electron chi connectivity index (χ1n) is 20.9. The maximum Gasteiger partial charge on any atom is 0.501 e. The third-order valence-electron chi connectivity index (χ3n) is 11.8. The van der Waals surface area contributed by atoms with Crippen LogP contribution in [0.1, 0.15) is 27.9 Å². The molecule has 2 fully saturated rings. The van der Waals surface area contributed by atoms with Crippen LogP contribution in [0.15, 0.2) is 130 Å². The second-order valence-corrected chi connectivity index (χ2v) is 21.2. The first-order valence-corrected chi connectivity index (χ1v) is 25.2. The van der Waals surface area contributed by atoms with Gasteiger partial charge in [0.15, 0.2) is 0 Å². The average Bonchev–Trinajstić information content (AvgIpc) is 3.65. The number of amides is 1. The lowest BCUT2D eigenvalue weighted by molar-refractivity contribution is -0.0435. The van der Waals surface area contributed by atoms with E-state index >= 15 is 0 Å². The lowest BCUT2D eigenvalue weighted by Crippen LogP contribution is -2.51. The SMILES string of the molecule is O=C(NS(=O)(=O)c1ccc(N[C@H](CCN2CCOCC2)CSc2ccccc2)c(S(=O)(=O)C(F)(F)F)c1)c1ccc2c(c1)C[C@H]1CN(Cc3ccccc3-c3ccc(Cl)cc3)CCN21. The first kappa shape index (κ1) is 45.9. The molecule has 5 aromatic carbocycles. The van der Waals surface area contributed by atoms with Crippen LogP contribution in [0.25, 0.3) is 11.1 Å². The number of halogens is 4. The molecule has 0 aliphatic carbocycles. The molecule has 5 aromatic rings. The monoisotopic (exact) mass is 953 g/mol. The van der Waals surface area contributed by atoms with Crippen molar-refractivity contribution in [1.82, 2.24) is 14.5 Å². The Morgan fingerprint density at radius 1 is 0.844 bits per heavy atom. The Kier molecular flexibility index (Phi) is 14.0. The van der Waals surface area contributed by atoms with Gasteiger partial charge in [-0.1, -0.05) is 66.2 Å². The number of sulfone groups is 1. The summed E-state index contributed by atoms with van der Waals surface area (Å²) in [4.78, 5) is 19.3. The van der Waals surface area contributed by atoms with Crippen molar-refractivity contribution < 1.29 is 39.5 Å². The number of carbonyl (C=O) groups is 1. The molecule has 3 aliphatic rings. The van der Waals surface area contributed by atoms with E-state index in [0.717, 1.165) is 65.6 Å². The zero-order valence-corrected chi connectivity index (χ0v) is 37.8. The summed E-state index contributed by atoms with van der Waals surface area (Å²) in [5.41, 5.74) is -0.905. The molecule has 8 rings (SSSR count). The molecule has 0 saturated carbocycles. The largest absolute Gasteiger partial charge is 0.501 e. The van der Waals surface area contributed by atoms with Crippen molar-refractivity contribution in [3.63, 3.8) is 0 Å². The van der Waals surface area contributed by atoms with Gasteiger partial charge >= 0.3 is 5.51 Å². The van der Waals surface area contributed by atoms with E-state index in [1.54, 1.807) is 12.1 Å². The minimum atomic E-state index is -6.06. The van der Waals surface area contributed by atoms with Gasteiger partial charge in [-0.3, -0.25) is 14.6 Å². The van der Waals surface area contributed by atoms with Crippen LogP contribution >= 0.6 is 23.4 Å². The van der Waals surface area contributed by atoms with Crippen molar-refractivity contribution in [2.75, 3.05) is 68.5 Å². The second kappa shape index (κ2) is 19.5. The van der Waals surface area contributed by atoms with E-state index < -0.39 is 52.8 Å². The van der Waals surface area contributed by atoms with Gasteiger partial charge in [0, 0.05) is 84.8 Å². The minimum absolute atomic E-state index is 0.0383. The van der Waals surface area contributed by atoms with E-state index in [2.05, 4.69) is 32.1 Å². The Morgan fingerprint density at radius 2 is 1.58 bits per heavy atom. The molecule has 64 heavy (non-hydrogen) atoms. The summed E-state index contributed by atoms with van der Waals surface area (Å²) in [6, 6.07) is 32.4. The van der Waals surface area contributed by atoms with Crippen LogP contribution in [0.4, 0.5) is 24.5 Å². The molecule has 0 aromatic heterocycles. The topological polar surface area (TPSA) is 128 Å². The van der Waals surface area contributed by atoms with Gasteiger partial charge in [-0.15, -0.1) is 11.8 Å². The highest BCUT2D eigenvalue weighted by molar-refractivity contribution is 7.99. The summed E-state index contributed by atoms with van der Waals surface area (Å²) in [7, 11) is -10.9. The minimum Gasteiger partial charge on any atom is -0.380 e. The molecule has 3 heterocycles. The number of morpholine rings is 1. The van der Waals surface area contributed by atoms with Gasteiger partial charge in [-0.2, -0.15) is 13.2 Å². The zero-order chi connectivity index (χ0) is 45.1. The molecule has 2 saturated heterocycles. The summed E-state index contributed by atoms with van der Waals surface area (Å²) in [5.74, 6) is -0.635. The van der Waals surface area contributed by atoms with Gasteiger partial charge in [0.1, 0.15) is 4.90 Å². The summed E-state index contributed by atoms with van der Waals surface area (Å²) in [6.45, 7) is 6.05. The second-order valence-electron chi connectivity index (χ2n) is 16.0. The number of hydrogen-bond donors (Lipinski definition) is 2. The van der Waals surface area contributed by atoms with E-state index in [4.69, 9.17) is 16.3 Å². The fourth-order valence-corrected chi connectivity index (χ4v) is 11.6. The molecule has 0 spiro atoms. The number of fused-ring (bicyclic) bond motifs is 3. The van der Waals surface area contributed by atoms with Crippen LogP contribution in [0.5, 0.6) is 0 Å². The lowest BCUT2D eigenvalue weighted by atomic mass is 9.99. The number of ether oxygens (including phenoxy) is 1. The predicted octanol–water partition coefficient (Wildman–Crippen LogP) is 7.96. The Balaban J connectivity index is 0.970. The van der Waals surface area contributed by atoms with Gasteiger partial charge in [0.2, 0.25) is 0 Å². The number of nitrogens with zero attached hydrogens (tertiary/aromatic N) is 3. The van der Waals surface area contributed by atoms with E-state index in [1.165, 1.54) is 23.4 Å². The molecule has 2 atom stereocenters. The number of nitrogens with one attached hydrogen (secondary N) is 2. The van der Waals surface area contributed by atoms with Gasteiger partial charge in [0.25, 0.3) is 25.8 Å². The maximum atomic E-state index is 14.2. The van der Waals surface area contributed by atoms with E-state index in [0.29, 0.717) is 62.5 Å². The number of anilines is 2. The normalized spacial score (nSPS) is 17.7. The highest BCUT2D eigenvalue weighted by Gasteiger charge is 2.48. The number of thioether (sulfide) groups is 1. The fourth-order valence-electron chi connectivity index (χ4n) is 8.46. The number of hydrogen-bond acceptors (Lipinski definition) is 11. The van der Waals surface area contributed by atoms with E-state index in [9.17, 15) is 34.8 Å². The number of sulfonamides is 1. The molecule has 3 aliphatic heterocycles. The van der Waals surface area contributed by atoms with Crippen molar-refractivity contribution in [2.45, 2.75) is 51.7 Å². The van der Waals surface area contributed by atoms with Gasteiger partial charge in [-0.05, 0) is 95.8 Å². The molecule has 0 unspecified atom stereocenters. The van der Waals surface area contributed by atoms with Crippen molar-refractivity contribution in [1.29, 1.82) is 0 Å². The molecule has 18 heteroatoms.